The topological polar surface area (TPSA) is 99.5 Å². The van der Waals surface area contributed by atoms with Gasteiger partial charge in [0.15, 0.2) is 0 Å². The molecule has 1 amide bonds. The smallest absolute Gasteiger partial charge is 0.300 e. The van der Waals surface area contributed by atoms with E-state index in [9.17, 15) is 19.8 Å². The van der Waals surface area contributed by atoms with Gasteiger partial charge in [-0.1, -0.05) is 23.7 Å². The van der Waals surface area contributed by atoms with Gasteiger partial charge in [-0.25, -0.2) is 0 Å². The average molecular weight is 537 g/mol. The lowest BCUT2D eigenvalue weighted by Gasteiger charge is -2.27. The molecule has 8 nitrogen and oxygen atoms in total. The molecule has 0 aliphatic carbocycles. The van der Waals surface area contributed by atoms with Crippen LogP contribution in [0.2, 0.25) is 5.02 Å². The number of ether oxygens (including phenoxy) is 2. The summed E-state index contributed by atoms with van der Waals surface area (Å²) in [4.78, 5) is 30.4. The molecule has 1 saturated heterocycles. The van der Waals surface area contributed by atoms with Gasteiger partial charge in [0.25, 0.3) is 11.7 Å². The zero-order valence-corrected chi connectivity index (χ0v) is 22.3. The van der Waals surface area contributed by atoms with Crippen molar-refractivity contribution in [2.75, 3.05) is 37.1 Å². The normalized spacial score (nSPS) is 16.6. The van der Waals surface area contributed by atoms with Crippen LogP contribution in [0, 0.1) is 0 Å². The number of amides is 1. The standard InChI is InChI=1S/C29H29ClN2O6/c1-5-31(6-2)18-10-12-19(13-11-18)32-26(17-8-7-9-20(33)14-17)25(28(35)29(32)36)27(34)21-15-24(38-4)22(30)16-23(21)37-3/h7-16,26,33-34H,5-6H2,1-4H3/b27-25+. The van der Waals surface area contributed by atoms with Crippen LogP contribution in [0.15, 0.2) is 66.2 Å². The van der Waals surface area contributed by atoms with E-state index in [0.717, 1.165) is 18.8 Å². The zero-order valence-electron chi connectivity index (χ0n) is 21.6. The molecule has 0 aromatic heterocycles. The maximum Gasteiger partial charge on any atom is 0.300 e. The fourth-order valence-corrected chi connectivity index (χ4v) is 4.94. The van der Waals surface area contributed by atoms with Gasteiger partial charge in [0, 0.05) is 30.5 Å². The summed E-state index contributed by atoms with van der Waals surface area (Å²) in [5, 5.41) is 22.0. The number of anilines is 2. The van der Waals surface area contributed by atoms with Crippen molar-refractivity contribution < 1.29 is 29.3 Å². The predicted octanol–water partition coefficient (Wildman–Crippen LogP) is 5.54. The summed E-state index contributed by atoms with van der Waals surface area (Å²) in [7, 11) is 2.82. The number of phenols is 1. The number of phenolic OH excluding ortho intramolecular Hbond substituents is 1. The van der Waals surface area contributed by atoms with Crippen LogP contribution in [-0.4, -0.2) is 49.2 Å². The molecule has 3 aromatic rings. The van der Waals surface area contributed by atoms with E-state index in [1.54, 1.807) is 24.3 Å². The van der Waals surface area contributed by atoms with Gasteiger partial charge in [0.05, 0.1) is 36.4 Å². The molecule has 2 N–H and O–H groups in total. The quantitative estimate of drug-likeness (QED) is 0.222. The van der Waals surface area contributed by atoms with Crippen molar-refractivity contribution in [3.8, 4) is 17.2 Å². The van der Waals surface area contributed by atoms with Crippen LogP contribution >= 0.6 is 11.6 Å². The van der Waals surface area contributed by atoms with E-state index in [1.165, 1.54) is 43.4 Å². The lowest BCUT2D eigenvalue weighted by Crippen LogP contribution is -2.29. The van der Waals surface area contributed by atoms with Crippen LogP contribution in [0.1, 0.15) is 31.0 Å². The molecule has 9 heteroatoms. The highest BCUT2D eigenvalue weighted by Crippen LogP contribution is 2.45. The fraction of sp³-hybridized carbons (Fsp3) is 0.241. The second-order valence-electron chi connectivity index (χ2n) is 8.64. The number of hydrogen-bond acceptors (Lipinski definition) is 7. The third-order valence-corrected chi connectivity index (χ3v) is 6.91. The first-order chi connectivity index (χ1) is 18.2. The summed E-state index contributed by atoms with van der Waals surface area (Å²) in [5.74, 6) is -1.74. The van der Waals surface area contributed by atoms with Gasteiger partial charge in [0.1, 0.15) is 23.0 Å². The van der Waals surface area contributed by atoms with E-state index in [1.807, 2.05) is 12.1 Å². The number of hydrogen-bond donors (Lipinski definition) is 2. The number of ketones is 1. The van der Waals surface area contributed by atoms with Crippen LogP contribution < -0.4 is 19.3 Å². The van der Waals surface area contributed by atoms with Crippen LogP contribution in [0.3, 0.4) is 0 Å². The summed E-state index contributed by atoms with van der Waals surface area (Å²) in [5.41, 5.74) is 1.86. The number of methoxy groups -OCH3 is 2. The molecule has 3 aromatic carbocycles. The summed E-state index contributed by atoms with van der Waals surface area (Å²) >= 11 is 6.23. The fourth-order valence-electron chi connectivity index (χ4n) is 4.71. The van der Waals surface area contributed by atoms with E-state index in [2.05, 4.69) is 18.7 Å². The number of halogens is 1. The van der Waals surface area contributed by atoms with Gasteiger partial charge in [-0.15, -0.1) is 0 Å². The van der Waals surface area contributed by atoms with E-state index in [-0.39, 0.29) is 33.4 Å². The van der Waals surface area contributed by atoms with Crippen molar-refractivity contribution in [3.63, 3.8) is 0 Å². The second-order valence-corrected chi connectivity index (χ2v) is 9.05. The van der Waals surface area contributed by atoms with Crippen molar-refractivity contribution in [1.82, 2.24) is 0 Å². The maximum absolute atomic E-state index is 13.5. The molecule has 1 aliphatic rings. The number of rotatable bonds is 8. The SMILES string of the molecule is CCN(CC)c1ccc(N2C(=O)C(=O)/C(=C(/O)c3cc(OC)c(Cl)cc3OC)C2c2cccc(O)c2)cc1. The Morgan fingerprint density at radius 2 is 1.63 bits per heavy atom. The zero-order chi connectivity index (χ0) is 27.6. The Morgan fingerprint density at radius 3 is 2.21 bits per heavy atom. The molecular formula is C29H29ClN2O6. The summed E-state index contributed by atoms with van der Waals surface area (Å²) in [6.45, 7) is 5.74. The largest absolute Gasteiger partial charge is 0.508 e. The Morgan fingerprint density at radius 1 is 0.974 bits per heavy atom. The summed E-state index contributed by atoms with van der Waals surface area (Å²) in [6.07, 6.45) is 0. The Kier molecular flexibility index (Phi) is 7.83. The Bertz CT molecular complexity index is 1400. The minimum absolute atomic E-state index is 0.0456. The lowest BCUT2D eigenvalue weighted by atomic mass is 9.94. The molecule has 1 fully saturated rings. The lowest BCUT2D eigenvalue weighted by molar-refractivity contribution is -0.132. The number of nitrogens with zero attached hydrogens (tertiary/aromatic N) is 2. The summed E-state index contributed by atoms with van der Waals surface area (Å²) < 4.78 is 10.7. The van der Waals surface area contributed by atoms with Gasteiger partial charge < -0.3 is 24.6 Å². The summed E-state index contributed by atoms with van der Waals surface area (Å²) in [6, 6.07) is 15.4. The van der Waals surface area contributed by atoms with Crippen LogP contribution in [-0.2, 0) is 9.59 Å². The molecule has 0 saturated carbocycles. The van der Waals surface area contributed by atoms with Gasteiger partial charge in [-0.05, 0) is 61.9 Å². The molecule has 0 radical (unpaired) electrons. The maximum atomic E-state index is 13.5. The Labute approximate surface area is 226 Å². The van der Waals surface area contributed by atoms with Crippen molar-refractivity contribution in [1.29, 1.82) is 0 Å². The highest BCUT2D eigenvalue weighted by atomic mass is 35.5. The van der Waals surface area contributed by atoms with E-state index >= 15 is 0 Å². The van der Waals surface area contributed by atoms with Crippen molar-refractivity contribution in [2.24, 2.45) is 0 Å². The number of Topliss-reactive ketones (excluding diaryl/α,β-unsaturated/α-hetero) is 1. The number of aliphatic hydroxyl groups is 1. The third-order valence-electron chi connectivity index (χ3n) is 6.62. The van der Waals surface area contributed by atoms with E-state index in [0.29, 0.717) is 11.3 Å². The Hall–Kier alpha value is -4.17. The minimum Gasteiger partial charge on any atom is -0.508 e. The van der Waals surface area contributed by atoms with Crippen molar-refractivity contribution >= 4 is 40.4 Å². The first-order valence-corrected chi connectivity index (χ1v) is 12.5. The molecule has 1 unspecified atom stereocenters. The van der Waals surface area contributed by atoms with Crippen LogP contribution in [0.25, 0.3) is 5.76 Å². The number of aliphatic hydroxyl groups excluding tert-OH is 1. The highest BCUT2D eigenvalue weighted by molar-refractivity contribution is 6.51. The predicted molar refractivity (Wildman–Crippen MR) is 147 cm³/mol. The molecule has 1 heterocycles. The van der Waals surface area contributed by atoms with Gasteiger partial charge in [0.2, 0.25) is 0 Å². The number of aromatic hydroxyl groups is 1. The molecule has 4 rings (SSSR count). The molecule has 0 spiro atoms. The van der Waals surface area contributed by atoms with Crippen molar-refractivity contribution in [2.45, 2.75) is 19.9 Å². The third kappa shape index (κ3) is 4.75. The minimum atomic E-state index is -1.02. The first kappa shape index (κ1) is 26.9. The van der Waals surface area contributed by atoms with Crippen molar-refractivity contribution in [3.05, 3.63) is 82.4 Å². The Balaban J connectivity index is 1.94. The molecule has 198 valence electrons. The molecule has 1 atom stereocenters. The monoisotopic (exact) mass is 536 g/mol. The van der Waals surface area contributed by atoms with Gasteiger partial charge >= 0.3 is 0 Å². The van der Waals surface area contributed by atoms with E-state index < -0.39 is 23.5 Å². The molecular weight excluding hydrogens is 508 g/mol. The molecule has 1 aliphatic heterocycles. The first-order valence-electron chi connectivity index (χ1n) is 12.1. The van der Waals surface area contributed by atoms with Gasteiger partial charge in [-0.2, -0.15) is 0 Å². The second kappa shape index (κ2) is 11.1. The van der Waals surface area contributed by atoms with E-state index in [4.69, 9.17) is 21.1 Å². The number of benzene rings is 3. The molecule has 38 heavy (non-hydrogen) atoms. The number of carbonyl (C=O) groups excluding carboxylic acids is 2. The highest BCUT2D eigenvalue weighted by Gasteiger charge is 2.47. The van der Waals surface area contributed by atoms with Crippen LogP contribution in [0.4, 0.5) is 11.4 Å². The molecule has 0 bridgehead atoms. The number of carbonyl (C=O) groups is 2. The van der Waals surface area contributed by atoms with Crippen LogP contribution in [0.5, 0.6) is 17.2 Å². The van der Waals surface area contributed by atoms with Gasteiger partial charge in [-0.3, -0.25) is 14.5 Å². The average Bonchev–Trinajstić information content (AvgIpc) is 3.19.